The first-order valence-corrected chi connectivity index (χ1v) is 8.46. The van der Waals surface area contributed by atoms with Gasteiger partial charge in [-0.05, 0) is 11.6 Å². The van der Waals surface area contributed by atoms with Crippen LogP contribution in [0.2, 0.25) is 0 Å². The first kappa shape index (κ1) is 18.0. The quantitative estimate of drug-likeness (QED) is 0.844. The van der Waals surface area contributed by atoms with Crippen molar-refractivity contribution >= 4 is 11.8 Å². The number of pyridine rings is 1. The fraction of sp³-hybridized carbons (Fsp3) is 0.316. The van der Waals surface area contributed by atoms with E-state index in [4.69, 9.17) is 0 Å². The lowest BCUT2D eigenvalue weighted by atomic mass is 10.0. The number of benzene rings is 1. The fourth-order valence-corrected chi connectivity index (χ4v) is 3.26. The monoisotopic (exact) mass is 356 g/mol. The lowest BCUT2D eigenvalue weighted by Gasteiger charge is -2.18. The van der Waals surface area contributed by atoms with Crippen molar-refractivity contribution in [1.82, 2.24) is 20.5 Å². The molecule has 1 aliphatic rings. The highest BCUT2D eigenvalue weighted by molar-refractivity contribution is 5.95. The number of halogens is 1. The van der Waals surface area contributed by atoms with Gasteiger partial charge in [-0.1, -0.05) is 30.3 Å². The van der Waals surface area contributed by atoms with Crippen molar-refractivity contribution in [2.24, 2.45) is 5.92 Å². The largest absolute Gasteiger partial charge is 0.359 e. The van der Waals surface area contributed by atoms with Crippen LogP contribution in [0.15, 0.2) is 48.8 Å². The molecule has 3 rings (SSSR count). The van der Waals surface area contributed by atoms with Crippen LogP contribution >= 0.6 is 0 Å². The second-order valence-electron chi connectivity index (χ2n) is 6.34. The lowest BCUT2D eigenvalue weighted by Crippen LogP contribution is -2.45. The van der Waals surface area contributed by atoms with Gasteiger partial charge in [0.15, 0.2) is 5.82 Å². The van der Waals surface area contributed by atoms with Crippen molar-refractivity contribution in [3.63, 3.8) is 0 Å². The molecule has 0 saturated carbocycles. The van der Waals surface area contributed by atoms with E-state index < -0.39 is 23.7 Å². The van der Waals surface area contributed by atoms with Crippen molar-refractivity contribution in [2.45, 2.75) is 12.6 Å². The normalized spacial score (nSPS) is 19.9. The molecule has 6 nitrogen and oxygen atoms in total. The van der Waals surface area contributed by atoms with Gasteiger partial charge in [0.2, 0.25) is 5.91 Å². The van der Waals surface area contributed by atoms with E-state index in [1.807, 2.05) is 30.3 Å². The Kier molecular flexibility index (Phi) is 5.58. The molecular formula is C19H21FN4O2. The highest BCUT2D eigenvalue weighted by Crippen LogP contribution is 2.20. The molecule has 1 saturated heterocycles. The molecule has 1 aromatic carbocycles. The highest BCUT2D eigenvalue weighted by Gasteiger charge is 2.38. The number of likely N-dealkylation sites (tertiary alicyclic amines) is 1. The van der Waals surface area contributed by atoms with E-state index in [0.29, 0.717) is 19.6 Å². The second kappa shape index (κ2) is 8.05. The van der Waals surface area contributed by atoms with Crippen LogP contribution in [0.1, 0.15) is 15.9 Å². The molecule has 0 aliphatic carbocycles. The third kappa shape index (κ3) is 4.05. The Morgan fingerprint density at radius 2 is 2.00 bits per heavy atom. The van der Waals surface area contributed by atoms with Crippen LogP contribution < -0.4 is 10.6 Å². The van der Waals surface area contributed by atoms with Gasteiger partial charge in [-0.25, -0.2) is 4.39 Å². The Morgan fingerprint density at radius 3 is 2.69 bits per heavy atom. The average Bonchev–Trinajstić information content (AvgIpc) is 3.04. The molecule has 1 aliphatic heterocycles. The van der Waals surface area contributed by atoms with E-state index in [1.165, 1.54) is 12.3 Å². The number of hydrogen-bond donors (Lipinski definition) is 2. The Morgan fingerprint density at radius 1 is 1.23 bits per heavy atom. The summed E-state index contributed by atoms with van der Waals surface area (Å²) in [5.41, 5.74) is 1.06. The third-order valence-corrected chi connectivity index (χ3v) is 4.56. The van der Waals surface area contributed by atoms with E-state index in [0.717, 1.165) is 11.8 Å². The number of rotatable bonds is 5. The topological polar surface area (TPSA) is 74.3 Å². The first-order chi connectivity index (χ1) is 12.6. The summed E-state index contributed by atoms with van der Waals surface area (Å²) in [5.74, 6) is -1.75. The van der Waals surface area contributed by atoms with Gasteiger partial charge >= 0.3 is 0 Å². The zero-order chi connectivity index (χ0) is 18.5. The van der Waals surface area contributed by atoms with Crippen LogP contribution in [0, 0.1) is 11.7 Å². The number of hydrogen-bond acceptors (Lipinski definition) is 4. The molecule has 2 N–H and O–H groups in total. The van der Waals surface area contributed by atoms with Crippen LogP contribution in [0.3, 0.4) is 0 Å². The van der Waals surface area contributed by atoms with Crippen molar-refractivity contribution in [3.8, 4) is 0 Å². The van der Waals surface area contributed by atoms with Crippen molar-refractivity contribution in [1.29, 1.82) is 0 Å². The Hall–Kier alpha value is -2.80. The molecule has 2 heterocycles. The predicted octanol–water partition coefficient (Wildman–Crippen LogP) is 1.20. The summed E-state index contributed by atoms with van der Waals surface area (Å²) >= 11 is 0. The highest BCUT2D eigenvalue weighted by atomic mass is 19.1. The molecule has 0 unspecified atom stereocenters. The summed E-state index contributed by atoms with van der Waals surface area (Å²) in [4.78, 5) is 30.4. The van der Waals surface area contributed by atoms with E-state index in [1.54, 1.807) is 7.05 Å². The van der Waals surface area contributed by atoms with E-state index >= 15 is 0 Å². The van der Waals surface area contributed by atoms with Gasteiger partial charge in [-0.2, -0.15) is 0 Å². The number of carbonyl (C=O) groups excluding carboxylic acids is 2. The van der Waals surface area contributed by atoms with Gasteiger partial charge in [0, 0.05) is 32.9 Å². The van der Waals surface area contributed by atoms with Crippen LogP contribution in [-0.2, 0) is 11.3 Å². The molecule has 1 fully saturated rings. The summed E-state index contributed by atoms with van der Waals surface area (Å²) in [6, 6.07) is 10.9. The number of aromatic nitrogens is 1. The summed E-state index contributed by atoms with van der Waals surface area (Å²) in [6.45, 7) is 1.73. The van der Waals surface area contributed by atoms with Crippen molar-refractivity contribution < 1.29 is 14.0 Å². The fourth-order valence-electron chi connectivity index (χ4n) is 3.26. The van der Waals surface area contributed by atoms with Gasteiger partial charge in [-0.15, -0.1) is 0 Å². The molecule has 26 heavy (non-hydrogen) atoms. The minimum atomic E-state index is -0.680. The van der Waals surface area contributed by atoms with Gasteiger partial charge in [0.1, 0.15) is 0 Å². The molecular weight excluding hydrogens is 335 g/mol. The molecule has 2 atom stereocenters. The van der Waals surface area contributed by atoms with E-state index in [-0.39, 0.29) is 11.5 Å². The third-order valence-electron chi connectivity index (χ3n) is 4.56. The Labute approximate surface area is 151 Å². The molecule has 1 aromatic heterocycles. The summed E-state index contributed by atoms with van der Waals surface area (Å²) in [5, 5.41) is 5.45. The van der Waals surface area contributed by atoms with Crippen molar-refractivity contribution in [2.75, 3.05) is 20.1 Å². The van der Waals surface area contributed by atoms with Gasteiger partial charge in [0.25, 0.3) is 5.91 Å². The van der Waals surface area contributed by atoms with Crippen molar-refractivity contribution in [3.05, 3.63) is 65.7 Å². The van der Waals surface area contributed by atoms with Crippen LogP contribution in [0.5, 0.6) is 0 Å². The zero-order valence-corrected chi connectivity index (χ0v) is 14.5. The molecule has 136 valence electrons. The summed E-state index contributed by atoms with van der Waals surface area (Å²) in [6.07, 6.45) is 2.37. The summed E-state index contributed by atoms with van der Waals surface area (Å²) in [7, 11) is 1.57. The molecule has 0 radical (unpaired) electrons. The zero-order valence-electron chi connectivity index (χ0n) is 14.5. The minimum absolute atomic E-state index is 0.0721. The maximum atomic E-state index is 13.8. The van der Waals surface area contributed by atoms with Gasteiger partial charge in [0.05, 0.1) is 23.7 Å². The molecule has 2 aromatic rings. The Balaban J connectivity index is 1.72. The van der Waals surface area contributed by atoms with E-state index in [9.17, 15) is 14.0 Å². The first-order valence-electron chi connectivity index (χ1n) is 8.46. The number of amides is 2. The predicted molar refractivity (Wildman–Crippen MR) is 94.7 cm³/mol. The number of nitrogens with one attached hydrogen (secondary N) is 2. The smallest absolute Gasteiger partial charge is 0.254 e. The van der Waals surface area contributed by atoms with Crippen LogP contribution in [0.25, 0.3) is 0 Å². The van der Waals surface area contributed by atoms with Crippen LogP contribution in [-0.4, -0.2) is 47.9 Å². The lowest BCUT2D eigenvalue weighted by molar-refractivity contribution is -0.124. The molecule has 0 spiro atoms. The molecule has 7 heteroatoms. The standard InChI is InChI=1S/C19H21FN4O2/c1-21-18(25)15-11-24(10-13-5-3-2-4-6-13)12-17(15)23-19(26)14-7-8-22-9-16(14)20/h2-9,15,17H,10-12H2,1H3,(H,21,25)(H,23,26)/t15-,17-/m0/s1. The molecule has 2 amide bonds. The Bertz CT molecular complexity index is 784. The average molecular weight is 356 g/mol. The van der Waals surface area contributed by atoms with Gasteiger partial charge < -0.3 is 10.6 Å². The maximum Gasteiger partial charge on any atom is 0.254 e. The van der Waals surface area contributed by atoms with Gasteiger partial charge in [-0.3, -0.25) is 19.5 Å². The SMILES string of the molecule is CNC(=O)[C@H]1CN(Cc2ccccc2)C[C@@H]1NC(=O)c1ccncc1F. The molecule has 0 bridgehead atoms. The van der Waals surface area contributed by atoms with E-state index in [2.05, 4.69) is 20.5 Å². The minimum Gasteiger partial charge on any atom is -0.359 e. The second-order valence-corrected chi connectivity index (χ2v) is 6.34. The van der Waals surface area contributed by atoms with Crippen LogP contribution in [0.4, 0.5) is 4.39 Å². The number of nitrogens with zero attached hydrogens (tertiary/aromatic N) is 2. The number of carbonyl (C=O) groups is 2. The summed E-state index contributed by atoms with van der Waals surface area (Å²) < 4.78 is 13.8. The maximum absolute atomic E-state index is 13.8.